The van der Waals surface area contributed by atoms with Crippen LogP contribution in [0, 0.1) is 0 Å². The van der Waals surface area contributed by atoms with Gasteiger partial charge in [0.05, 0.1) is 5.02 Å². The molecule has 0 saturated heterocycles. The first-order valence-corrected chi connectivity index (χ1v) is 5.46. The number of benzene rings is 1. The van der Waals surface area contributed by atoms with Crippen molar-refractivity contribution in [2.75, 3.05) is 5.73 Å². The van der Waals surface area contributed by atoms with E-state index in [1.165, 1.54) is 4.80 Å². The lowest BCUT2D eigenvalue weighted by Gasteiger charge is -2.02. The highest BCUT2D eigenvalue weighted by Gasteiger charge is 2.09. The number of hydrogen-bond donors (Lipinski definition) is 1. The minimum absolute atomic E-state index is 0.297. The second kappa shape index (κ2) is 4.00. The molecule has 0 radical (unpaired) electrons. The zero-order valence-electron chi connectivity index (χ0n) is 7.28. The van der Waals surface area contributed by atoms with E-state index in [4.69, 9.17) is 28.9 Å². The van der Waals surface area contributed by atoms with Crippen LogP contribution in [0.1, 0.15) is 0 Å². The van der Waals surface area contributed by atoms with Crippen LogP contribution in [-0.4, -0.2) is 15.0 Å². The summed E-state index contributed by atoms with van der Waals surface area (Å²) >= 11 is 15.0. The molecule has 2 aromatic rings. The molecule has 1 aromatic carbocycles. The molecule has 0 atom stereocenters. The maximum Gasteiger partial charge on any atom is 0.181 e. The Morgan fingerprint density at radius 2 is 2.00 bits per heavy atom. The molecule has 1 heterocycles. The van der Waals surface area contributed by atoms with Crippen LogP contribution in [0.15, 0.2) is 22.8 Å². The third-order valence-corrected chi connectivity index (χ3v) is 2.84. The molecular formula is C8H5BrCl2N4. The highest BCUT2D eigenvalue weighted by molar-refractivity contribution is 9.10. The fourth-order valence-corrected chi connectivity index (χ4v) is 1.64. The summed E-state index contributed by atoms with van der Waals surface area (Å²) in [6.07, 6.45) is 0. The standard InChI is InChI=1S/C8H5BrCl2N4/c9-7-8(12)14-15(13-7)6-3-4(10)1-2-5(6)11/h1-3H,(H2,12,14). The van der Waals surface area contributed by atoms with E-state index in [0.717, 1.165) is 0 Å². The van der Waals surface area contributed by atoms with E-state index >= 15 is 0 Å². The molecule has 0 bridgehead atoms. The lowest BCUT2D eigenvalue weighted by molar-refractivity contribution is 0.750. The smallest absolute Gasteiger partial charge is 0.181 e. The molecule has 4 nitrogen and oxygen atoms in total. The fraction of sp³-hybridized carbons (Fsp3) is 0. The predicted octanol–water partition coefficient (Wildman–Crippen LogP) is 2.92. The van der Waals surface area contributed by atoms with Crippen molar-refractivity contribution in [1.82, 2.24) is 15.0 Å². The molecule has 78 valence electrons. The summed E-state index contributed by atoms with van der Waals surface area (Å²) in [6, 6.07) is 5.03. The summed E-state index contributed by atoms with van der Waals surface area (Å²) in [7, 11) is 0. The van der Waals surface area contributed by atoms with Gasteiger partial charge in [0.2, 0.25) is 0 Å². The van der Waals surface area contributed by atoms with Gasteiger partial charge >= 0.3 is 0 Å². The van der Waals surface area contributed by atoms with Gasteiger partial charge in [-0.15, -0.1) is 15.0 Å². The van der Waals surface area contributed by atoms with Crippen molar-refractivity contribution in [1.29, 1.82) is 0 Å². The predicted molar refractivity (Wildman–Crippen MR) is 63.5 cm³/mol. The number of aromatic nitrogens is 3. The van der Waals surface area contributed by atoms with Crippen molar-refractivity contribution in [2.45, 2.75) is 0 Å². The monoisotopic (exact) mass is 306 g/mol. The highest BCUT2D eigenvalue weighted by atomic mass is 79.9. The Morgan fingerprint density at radius 3 is 2.60 bits per heavy atom. The van der Waals surface area contributed by atoms with Gasteiger partial charge in [0.15, 0.2) is 10.4 Å². The lowest BCUT2D eigenvalue weighted by atomic mass is 10.3. The highest BCUT2D eigenvalue weighted by Crippen LogP contribution is 2.24. The molecule has 0 aliphatic rings. The number of nitrogens with zero attached hydrogens (tertiary/aromatic N) is 3. The van der Waals surface area contributed by atoms with E-state index in [2.05, 4.69) is 26.1 Å². The molecule has 0 aliphatic heterocycles. The zero-order chi connectivity index (χ0) is 11.0. The largest absolute Gasteiger partial charge is 0.380 e. The van der Waals surface area contributed by atoms with E-state index in [-0.39, 0.29) is 0 Å². The minimum Gasteiger partial charge on any atom is -0.380 e. The van der Waals surface area contributed by atoms with E-state index < -0.39 is 0 Å². The van der Waals surface area contributed by atoms with E-state index in [0.29, 0.717) is 26.2 Å². The van der Waals surface area contributed by atoms with Crippen LogP contribution in [0.4, 0.5) is 5.82 Å². The van der Waals surface area contributed by atoms with E-state index in [1.807, 2.05) is 0 Å². The number of halogens is 3. The normalized spacial score (nSPS) is 10.6. The molecule has 1 aromatic heterocycles. The molecule has 0 aliphatic carbocycles. The van der Waals surface area contributed by atoms with Crippen molar-refractivity contribution < 1.29 is 0 Å². The molecule has 2 N–H and O–H groups in total. The van der Waals surface area contributed by atoms with Crippen LogP contribution in [0.25, 0.3) is 5.69 Å². The topological polar surface area (TPSA) is 56.7 Å². The van der Waals surface area contributed by atoms with Crippen LogP contribution in [-0.2, 0) is 0 Å². The molecular weight excluding hydrogens is 303 g/mol. The minimum atomic E-state index is 0.297. The Morgan fingerprint density at radius 1 is 1.27 bits per heavy atom. The summed E-state index contributed by atoms with van der Waals surface area (Å²) in [5.41, 5.74) is 6.13. The Labute approximate surface area is 104 Å². The van der Waals surface area contributed by atoms with Crippen LogP contribution in [0.2, 0.25) is 10.0 Å². The van der Waals surface area contributed by atoms with Crippen LogP contribution in [0.3, 0.4) is 0 Å². The van der Waals surface area contributed by atoms with Gasteiger partial charge in [-0.25, -0.2) is 0 Å². The molecule has 7 heteroatoms. The number of nitrogens with two attached hydrogens (primary N) is 1. The van der Waals surface area contributed by atoms with Crippen molar-refractivity contribution in [2.24, 2.45) is 0 Å². The van der Waals surface area contributed by atoms with Crippen LogP contribution >= 0.6 is 39.1 Å². The lowest BCUT2D eigenvalue weighted by Crippen LogP contribution is -2.00. The summed E-state index contributed by atoms with van der Waals surface area (Å²) in [6.45, 7) is 0. The Bertz CT molecular complexity index is 492. The van der Waals surface area contributed by atoms with E-state index in [9.17, 15) is 0 Å². The van der Waals surface area contributed by atoms with Gasteiger partial charge in [0, 0.05) is 5.02 Å². The van der Waals surface area contributed by atoms with Crippen molar-refractivity contribution in [3.63, 3.8) is 0 Å². The molecule has 0 unspecified atom stereocenters. The van der Waals surface area contributed by atoms with Gasteiger partial charge in [-0.1, -0.05) is 23.2 Å². The van der Waals surface area contributed by atoms with Crippen LogP contribution < -0.4 is 5.73 Å². The van der Waals surface area contributed by atoms with E-state index in [1.54, 1.807) is 18.2 Å². The number of hydrogen-bond acceptors (Lipinski definition) is 3. The summed E-state index contributed by atoms with van der Waals surface area (Å²) in [5.74, 6) is 0.297. The third-order valence-electron chi connectivity index (χ3n) is 1.72. The second-order valence-corrected chi connectivity index (χ2v) is 4.36. The Hall–Kier alpha value is -0.780. The molecule has 0 amide bonds. The van der Waals surface area contributed by atoms with Gasteiger partial charge in [-0.05, 0) is 34.1 Å². The Balaban J connectivity index is 2.58. The maximum atomic E-state index is 5.98. The second-order valence-electron chi connectivity index (χ2n) is 2.76. The third kappa shape index (κ3) is 2.09. The quantitative estimate of drug-likeness (QED) is 0.881. The van der Waals surface area contributed by atoms with Crippen molar-refractivity contribution in [3.8, 4) is 5.69 Å². The number of rotatable bonds is 1. The fourth-order valence-electron chi connectivity index (χ4n) is 1.05. The summed E-state index contributed by atoms with van der Waals surface area (Å²) in [4.78, 5) is 1.33. The zero-order valence-corrected chi connectivity index (χ0v) is 10.4. The van der Waals surface area contributed by atoms with Crippen molar-refractivity contribution >= 4 is 44.9 Å². The molecule has 0 spiro atoms. The summed E-state index contributed by atoms with van der Waals surface area (Å²) in [5, 5.41) is 9.07. The van der Waals surface area contributed by atoms with Crippen molar-refractivity contribution in [3.05, 3.63) is 32.8 Å². The van der Waals surface area contributed by atoms with Gasteiger partial charge < -0.3 is 5.73 Å². The molecule has 15 heavy (non-hydrogen) atoms. The molecule has 0 fully saturated rings. The number of anilines is 1. The average Bonchev–Trinajstić information content (AvgIpc) is 2.51. The molecule has 0 saturated carbocycles. The maximum absolute atomic E-state index is 5.98. The number of nitrogen functional groups attached to an aromatic ring is 1. The first kappa shape index (κ1) is 10.7. The SMILES string of the molecule is Nc1nn(-c2cc(Cl)ccc2Cl)nc1Br. The molecule has 2 rings (SSSR count). The Kier molecular flexibility index (Phi) is 2.86. The van der Waals surface area contributed by atoms with Gasteiger partial charge in [-0.3, -0.25) is 0 Å². The first-order chi connectivity index (χ1) is 7.08. The first-order valence-electron chi connectivity index (χ1n) is 3.91. The van der Waals surface area contributed by atoms with Crippen LogP contribution in [0.5, 0.6) is 0 Å². The summed E-state index contributed by atoms with van der Waals surface area (Å²) < 4.78 is 0.471. The van der Waals surface area contributed by atoms with Gasteiger partial charge in [0.1, 0.15) is 5.69 Å². The van der Waals surface area contributed by atoms with Gasteiger partial charge in [-0.2, -0.15) is 0 Å². The average molecular weight is 308 g/mol. The van der Waals surface area contributed by atoms with Gasteiger partial charge in [0.25, 0.3) is 0 Å².